The van der Waals surface area contributed by atoms with Gasteiger partial charge >= 0.3 is 6.09 Å². The molecule has 4 nitrogen and oxygen atoms in total. The standard InChI is InChI=1S/C10H10ClNO3/c1-8(13)12(11)10(14)15-7-9-5-3-2-4-6-9/h2-6H,7H2,1H3. The molecule has 0 fully saturated rings. The van der Waals surface area contributed by atoms with Gasteiger partial charge in [-0.1, -0.05) is 30.3 Å². The van der Waals surface area contributed by atoms with Crippen molar-refractivity contribution in [1.82, 2.24) is 4.42 Å². The molecule has 1 aromatic carbocycles. The van der Waals surface area contributed by atoms with Gasteiger partial charge in [0.2, 0.25) is 5.91 Å². The maximum absolute atomic E-state index is 11.1. The Morgan fingerprint density at radius 1 is 1.33 bits per heavy atom. The van der Waals surface area contributed by atoms with Crippen molar-refractivity contribution in [2.45, 2.75) is 13.5 Å². The Hall–Kier alpha value is -1.55. The zero-order chi connectivity index (χ0) is 11.3. The smallest absolute Gasteiger partial charge is 0.432 e. The van der Waals surface area contributed by atoms with Crippen LogP contribution >= 0.6 is 11.8 Å². The number of halogens is 1. The SMILES string of the molecule is CC(=O)N(Cl)C(=O)OCc1ccccc1. The van der Waals surface area contributed by atoms with Gasteiger partial charge in [-0.25, -0.2) is 4.79 Å². The molecule has 0 radical (unpaired) electrons. The number of imide groups is 1. The van der Waals surface area contributed by atoms with Crippen molar-refractivity contribution in [2.24, 2.45) is 0 Å². The molecular formula is C10H10ClNO3. The average Bonchev–Trinajstić information content (AvgIpc) is 2.26. The van der Waals surface area contributed by atoms with Crippen molar-refractivity contribution in [2.75, 3.05) is 0 Å². The molecule has 0 atom stereocenters. The second-order valence-corrected chi connectivity index (χ2v) is 3.18. The van der Waals surface area contributed by atoms with Crippen LogP contribution in [0.3, 0.4) is 0 Å². The van der Waals surface area contributed by atoms with Gasteiger partial charge in [0.05, 0.1) is 0 Å². The molecule has 0 saturated carbocycles. The van der Waals surface area contributed by atoms with Crippen LogP contribution in [0.1, 0.15) is 12.5 Å². The van der Waals surface area contributed by atoms with E-state index in [1.807, 2.05) is 18.2 Å². The lowest BCUT2D eigenvalue weighted by atomic mass is 10.2. The summed E-state index contributed by atoms with van der Waals surface area (Å²) in [6, 6.07) is 9.12. The van der Waals surface area contributed by atoms with Crippen molar-refractivity contribution in [3.8, 4) is 0 Å². The van der Waals surface area contributed by atoms with E-state index < -0.39 is 12.0 Å². The predicted octanol–water partition coefficient (Wildman–Crippen LogP) is 2.33. The van der Waals surface area contributed by atoms with Gasteiger partial charge in [-0.2, -0.15) is 4.42 Å². The molecule has 0 saturated heterocycles. The molecule has 0 aromatic heterocycles. The van der Waals surface area contributed by atoms with E-state index in [1.54, 1.807) is 12.1 Å². The van der Waals surface area contributed by atoms with Gasteiger partial charge in [-0.05, 0) is 5.56 Å². The Balaban J connectivity index is 2.44. The van der Waals surface area contributed by atoms with Crippen LogP contribution in [0.25, 0.3) is 0 Å². The number of carbonyl (C=O) groups excluding carboxylic acids is 2. The van der Waals surface area contributed by atoms with E-state index >= 15 is 0 Å². The van der Waals surface area contributed by atoms with Crippen LogP contribution in [-0.4, -0.2) is 16.4 Å². The van der Waals surface area contributed by atoms with Gasteiger partial charge in [-0.15, -0.1) is 0 Å². The Bertz CT molecular complexity index is 353. The first-order valence-electron chi connectivity index (χ1n) is 4.28. The molecule has 0 spiro atoms. The van der Waals surface area contributed by atoms with Crippen LogP contribution in [0, 0.1) is 0 Å². The molecule has 2 amide bonds. The molecular weight excluding hydrogens is 218 g/mol. The second-order valence-electron chi connectivity index (χ2n) is 2.84. The number of hydrogen-bond donors (Lipinski definition) is 0. The highest BCUT2D eigenvalue weighted by molar-refractivity contribution is 6.28. The molecule has 80 valence electrons. The molecule has 15 heavy (non-hydrogen) atoms. The summed E-state index contributed by atoms with van der Waals surface area (Å²) in [6.45, 7) is 1.27. The van der Waals surface area contributed by atoms with E-state index in [2.05, 4.69) is 0 Å². The minimum absolute atomic E-state index is 0.0934. The minimum Gasteiger partial charge on any atom is -0.443 e. The lowest BCUT2D eigenvalue weighted by Crippen LogP contribution is -2.26. The number of ether oxygens (including phenoxy) is 1. The van der Waals surface area contributed by atoms with E-state index in [4.69, 9.17) is 16.5 Å². The summed E-state index contributed by atoms with van der Waals surface area (Å²) in [6.07, 6.45) is -0.868. The normalized spacial score (nSPS) is 9.47. The van der Waals surface area contributed by atoms with E-state index in [-0.39, 0.29) is 6.61 Å². The Morgan fingerprint density at radius 2 is 1.93 bits per heavy atom. The third-order valence-corrected chi connectivity index (χ3v) is 2.02. The molecule has 0 aliphatic heterocycles. The van der Waals surface area contributed by atoms with Crippen LogP contribution in [0.15, 0.2) is 30.3 Å². The Labute approximate surface area is 92.5 Å². The topological polar surface area (TPSA) is 46.6 Å². The van der Waals surface area contributed by atoms with Gasteiger partial charge in [0.25, 0.3) is 0 Å². The first kappa shape index (κ1) is 11.5. The fourth-order valence-electron chi connectivity index (χ4n) is 0.905. The maximum Gasteiger partial charge on any atom is 0.432 e. The van der Waals surface area contributed by atoms with E-state index in [1.165, 1.54) is 6.92 Å². The van der Waals surface area contributed by atoms with Gasteiger partial charge in [0.15, 0.2) is 0 Å². The highest BCUT2D eigenvalue weighted by Gasteiger charge is 2.16. The molecule has 0 heterocycles. The number of hydrogen-bond acceptors (Lipinski definition) is 3. The summed E-state index contributed by atoms with van der Waals surface area (Å²) in [5.74, 6) is -0.574. The molecule has 1 aromatic rings. The Morgan fingerprint density at radius 3 is 2.47 bits per heavy atom. The van der Waals surface area contributed by atoms with Gasteiger partial charge in [-0.3, -0.25) is 4.79 Å². The van der Waals surface area contributed by atoms with Gasteiger partial charge in [0, 0.05) is 18.7 Å². The molecule has 0 aliphatic carbocycles. The first-order valence-corrected chi connectivity index (χ1v) is 4.62. The summed E-state index contributed by atoms with van der Waals surface area (Å²) >= 11 is 5.34. The van der Waals surface area contributed by atoms with Crippen molar-refractivity contribution in [3.05, 3.63) is 35.9 Å². The molecule has 0 N–H and O–H groups in total. The monoisotopic (exact) mass is 227 g/mol. The summed E-state index contributed by atoms with van der Waals surface area (Å²) in [5.41, 5.74) is 0.833. The lowest BCUT2D eigenvalue weighted by Gasteiger charge is -2.09. The average molecular weight is 228 g/mol. The number of carbonyl (C=O) groups is 2. The third kappa shape index (κ3) is 3.59. The minimum atomic E-state index is -0.868. The number of amides is 2. The van der Waals surface area contributed by atoms with E-state index in [0.29, 0.717) is 4.42 Å². The zero-order valence-corrected chi connectivity index (χ0v) is 8.90. The van der Waals surface area contributed by atoms with Gasteiger partial charge < -0.3 is 4.74 Å². The highest BCUT2D eigenvalue weighted by Crippen LogP contribution is 2.04. The van der Waals surface area contributed by atoms with Crippen molar-refractivity contribution < 1.29 is 14.3 Å². The maximum atomic E-state index is 11.1. The number of benzene rings is 1. The van der Waals surface area contributed by atoms with Crippen molar-refractivity contribution >= 4 is 23.8 Å². The van der Waals surface area contributed by atoms with Crippen LogP contribution in [0.5, 0.6) is 0 Å². The second kappa shape index (κ2) is 5.36. The fraction of sp³-hybridized carbons (Fsp3) is 0.200. The van der Waals surface area contributed by atoms with Crippen LogP contribution < -0.4 is 0 Å². The van der Waals surface area contributed by atoms with Gasteiger partial charge in [0.1, 0.15) is 6.61 Å². The highest BCUT2D eigenvalue weighted by atomic mass is 35.5. The number of rotatable bonds is 2. The number of nitrogens with zero attached hydrogens (tertiary/aromatic N) is 1. The molecule has 0 unspecified atom stereocenters. The van der Waals surface area contributed by atoms with Crippen molar-refractivity contribution in [3.63, 3.8) is 0 Å². The van der Waals surface area contributed by atoms with Crippen molar-refractivity contribution in [1.29, 1.82) is 0 Å². The predicted molar refractivity (Wildman–Crippen MR) is 55.0 cm³/mol. The molecule has 0 bridgehead atoms. The van der Waals surface area contributed by atoms with Crippen LogP contribution in [0.4, 0.5) is 4.79 Å². The van der Waals surface area contributed by atoms with E-state index in [0.717, 1.165) is 5.56 Å². The molecule has 0 aliphatic rings. The summed E-state index contributed by atoms with van der Waals surface area (Å²) in [7, 11) is 0. The Kier molecular flexibility index (Phi) is 4.12. The summed E-state index contributed by atoms with van der Waals surface area (Å²) < 4.78 is 5.19. The van der Waals surface area contributed by atoms with E-state index in [9.17, 15) is 9.59 Å². The first-order chi connectivity index (χ1) is 7.11. The van der Waals surface area contributed by atoms with Crippen LogP contribution in [-0.2, 0) is 16.1 Å². The molecule has 1 rings (SSSR count). The quantitative estimate of drug-likeness (QED) is 0.729. The van der Waals surface area contributed by atoms with Crippen LogP contribution in [0.2, 0.25) is 0 Å². The summed E-state index contributed by atoms with van der Waals surface area (Å²) in [4.78, 5) is 21.8. The summed E-state index contributed by atoms with van der Waals surface area (Å²) in [5, 5.41) is 0. The largest absolute Gasteiger partial charge is 0.443 e. The molecule has 5 heteroatoms. The zero-order valence-electron chi connectivity index (χ0n) is 8.14. The fourth-order valence-corrected chi connectivity index (χ4v) is 0.953. The lowest BCUT2D eigenvalue weighted by molar-refractivity contribution is -0.123. The third-order valence-electron chi connectivity index (χ3n) is 1.64.